The highest BCUT2D eigenvalue weighted by atomic mass is 35.5. The molecule has 0 heterocycles. The zero-order valence-corrected chi connectivity index (χ0v) is 11.9. The maximum Gasteiger partial charge on any atom is 0.202 e. The van der Waals surface area contributed by atoms with Gasteiger partial charge < -0.3 is 15.2 Å². The number of hydrogen-bond acceptors (Lipinski definition) is 4. The topological polar surface area (TPSA) is 61.5 Å². The monoisotopic (exact) mass is 291 g/mol. The van der Waals surface area contributed by atoms with Crippen LogP contribution in [-0.2, 0) is 0 Å². The first-order valence-electron chi connectivity index (χ1n) is 5.89. The lowest BCUT2D eigenvalue weighted by atomic mass is 10.00. The molecule has 5 heteroatoms. The van der Waals surface area contributed by atoms with Crippen LogP contribution in [0.3, 0.4) is 0 Å². The van der Waals surface area contributed by atoms with Crippen LogP contribution in [0.2, 0.25) is 5.02 Å². The van der Waals surface area contributed by atoms with Crippen LogP contribution in [0.5, 0.6) is 11.5 Å². The highest BCUT2D eigenvalue weighted by molar-refractivity contribution is 6.31. The summed E-state index contributed by atoms with van der Waals surface area (Å²) in [4.78, 5) is 12.7. The van der Waals surface area contributed by atoms with E-state index in [-0.39, 0.29) is 5.78 Å². The van der Waals surface area contributed by atoms with Crippen LogP contribution < -0.4 is 15.2 Å². The smallest absolute Gasteiger partial charge is 0.202 e. The van der Waals surface area contributed by atoms with Gasteiger partial charge in [-0.25, -0.2) is 0 Å². The number of carbonyl (C=O) groups is 1. The Morgan fingerprint density at radius 2 is 1.80 bits per heavy atom. The van der Waals surface area contributed by atoms with Gasteiger partial charge in [0.05, 0.1) is 25.3 Å². The summed E-state index contributed by atoms with van der Waals surface area (Å²) in [5.41, 5.74) is 6.88. The van der Waals surface area contributed by atoms with Gasteiger partial charge in [-0.2, -0.15) is 0 Å². The zero-order valence-electron chi connectivity index (χ0n) is 11.1. The molecule has 0 aliphatic heterocycles. The minimum Gasteiger partial charge on any atom is -0.496 e. The van der Waals surface area contributed by atoms with E-state index in [4.69, 9.17) is 26.8 Å². The number of rotatable bonds is 4. The number of benzene rings is 2. The molecule has 2 aromatic rings. The molecule has 0 saturated heterocycles. The van der Waals surface area contributed by atoms with Crippen molar-refractivity contribution in [3.63, 3.8) is 0 Å². The Labute approximate surface area is 122 Å². The molecule has 0 radical (unpaired) electrons. The summed E-state index contributed by atoms with van der Waals surface area (Å²) in [6.45, 7) is 0. The summed E-state index contributed by atoms with van der Waals surface area (Å²) >= 11 is 5.95. The van der Waals surface area contributed by atoms with Crippen molar-refractivity contribution in [1.82, 2.24) is 0 Å². The van der Waals surface area contributed by atoms with E-state index in [0.29, 0.717) is 33.3 Å². The maximum atomic E-state index is 12.7. The van der Waals surface area contributed by atoms with Crippen LogP contribution in [0.4, 0.5) is 5.69 Å². The normalized spacial score (nSPS) is 10.2. The van der Waals surface area contributed by atoms with Gasteiger partial charge in [-0.05, 0) is 30.3 Å². The number of halogens is 1. The Kier molecular flexibility index (Phi) is 4.15. The molecule has 2 rings (SSSR count). The van der Waals surface area contributed by atoms with E-state index in [1.54, 1.807) is 36.4 Å². The van der Waals surface area contributed by atoms with Crippen molar-refractivity contribution in [2.45, 2.75) is 0 Å². The second-order valence-electron chi connectivity index (χ2n) is 4.10. The highest BCUT2D eigenvalue weighted by Crippen LogP contribution is 2.31. The third kappa shape index (κ3) is 2.56. The van der Waals surface area contributed by atoms with Gasteiger partial charge in [-0.3, -0.25) is 4.79 Å². The number of anilines is 1. The largest absolute Gasteiger partial charge is 0.496 e. The summed E-state index contributed by atoms with van der Waals surface area (Å²) < 4.78 is 10.4. The van der Waals surface area contributed by atoms with Crippen molar-refractivity contribution in [1.29, 1.82) is 0 Å². The second-order valence-corrected chi connectivity index (χ2v) is 4.53. The lowest BCUT2D eigenvalue weighted by Gasteiger charge is -2.12. The molecule has 4 nitrogen and oxygen atoms in total. The summed E-state index contributed by atoms with van der Waals surface area (Å²) in [6, 6.07) is 9.89. The molecule has 0 spiro atoms. The van der Waals surface area contributed by atoms with Gasteiger partial charge in [-0.1, -0.05) is 17.7 Å². The summed E-state index contributed by atoms with van der Waals surface area (Å²) in [5.74, 6) is 0.557. The first-order valence-corrected chi connectivity index (χ1v) is 6.27. The number of nitrogens with two attached hydrogens (primary N) is 1. The molecular formula is C15H14ClNO3. The van der Waals surface area contributed by atoms with Gasteiger partial charge in [0.25, 0.3) is 0 Å². The SMILES string of the molecule is COc1ccc(Cl)cc1C(=O)c1c(N)cccc1OC. The van der Waals surface area contributed by atoms with Gasteiger partial charge in [-0.15, -0.1) is 0 Å². The molecular weight excluding hydrogens is 278 g/mol. The molecule has 0 fully saturated rings. The predicted molar refractivity (Wildman–Crippen MR) is 78.8 cm³/mol. The third-order valence-electron chi connectivity index (χ3n) is 2.91. The second kappa shape index (κ2) is 5.84. The van der Waals surface area contributed by atoms with E-state index in [1.165, 1.54) is 14.2 Å². The Hall–Kier alpha value is -2.20. The van der Waals surface area contributed by atoms with Crippen molar-refractivity contribution in [3.8, 4) is 11.5 Å². The number of hydrogen-bond donors (Lipinski definition) is 1. The minimum absolute atomic E-state index is 0.292. The Morgan fingerprint density at radius 1 is 1.10 bits per heavy atom. The van der Waals surface area contributed by atoms with E-state index in [0.717, 1.165) is 0 Å². The van der Waals surface area contributed by atoms with Gasteiger partial charge in [0, 0.05) is 10.7 Å². The molecule has 2 N–H and O–H groups in total. The maximum absolute atomic E-state index is 12.7. The molecule has 0 unspecified atom stereocenters. The van der Waals surface area contributed by atoms with E-state index in [2.05, 4.69) is 0 Å². The van der Waals surface area contributed by atoms with Crippen LogP contribution in [0, 0.1) is 0 Å². The van der Waals surface area contributed by atoms with Crippen molar-refractivity contribution < 1.29 is 14.3 Å². The Morgan fingerprint density at radius 3 is 2.45 bits per heavy atom. The average molecular weight is 292 g/mol. The quantitative estimate of drug-likeness (QED) is 0.694. The van der Waals surface area contributed by atoms with Gasteiger partial charge in [0.2, 0.25) is 5.78 Å². The van der Waals surface area contributed by atoms with Gasteiger partial charge in [0.1, 0.15) is 11.5 Å². The average Bonchev–Trinajstić information content (AvgIpc) is 2.46. The van der Waals surface area contributed by atoms with Crippen molar-refractivity contribution in [2.24, 2.45) is 0 Å². The number of ketones is 1. The van der Waals surface area contributed by atoms with E-state index < -0.39 is 0 Å². The zero-order chi connectivity index (χ0) is 14.7. The molecule has 0 saturated carbocycles. The number of ether oxygens (including phenoxy) is 2. The van der Waals surface area contributed by atoms with Crippen LogP contribution in [0.15, 0.2) is 36.4 Å². The number of nitrogen functional groups attached to an aromatic ring is 1. The molecule has 0 atom stereocenters. The van der Waals surface area contributed by atoms with Crippen molar-refractivity contribution in [3.05, 3.63) is 52.5 Å². The van der Waals surface area contributed by atoms with Gasteiger partial charge in [0.15, 0.2) is 0 Å². The fraction of sp³-hybridized carbons (Fsp3) is 0.133. The first kappa shape index (κ1) is 14.2. The fourth-order valence-corrected chi connectivity index (χ4v) is 2.13. The molecule has 0 aromatic heterocycles. The number of methoxy groups -OCH3 is 2. The first-order chi connectivity index (χ1) is 9.58. The molecule has 2 aromatic carbocycles. The highest BCUT2D eigenvalue weighted by Gasteiger charge is 2.21. The molecule has 0 bridgehead atoms. The van der Waals surface area contributed by atoms with Crippen molar-refractivity contribution >= 4 is 23.1 Å². The molecule has 104 valence electrons. The Bertz CT molecular complexity index is 656. The van der Waals surface area contributed by atoms with Crippen LogP contribution in [0.25, 0.3) is 0 Å². The standard InChI is InChI=1S/C15H14ClNO3/c1-19-12-7-6-9(16)8-10(12)15(18)14-11(17)4-3-5-13(14)20-2/h3-8H,17H2,1-2H3. The molecule has 0 aliphatic carbocycles. The predicted octanol–water partition coefficient (Wildman–Crippen LogP) is 3.17. The fourth-order valence-electron chi connectivity index (χ4n) is 1.95. The summed E-state index contributed by atoms with van der Waals surface area (Å²) in [7, 11) is 2.98. The summed E-state index contributed by atoms with van der Waals surface area (Å²) in [5, 5.41) is 0.447. The molecule has 0 aliphatic rings. The number of carbonyl (C=O) groups excluding carboxylic acids is 1. The van der Waals surface area contributed by atoms with E-state index in [1.807, 2.05) is 0 Å². The van der Waals surface area contributed by atoms with Gasteiger partial charge >= 0.3 is 0 Å². The van der Waals surface area contributed by atoms with E-state index >= 15 is 0 Å². The van der Waals surface area contributed by atoms with Crippen LogP contribution >= 0.6 is 11.6 Å². The van der Waals surface area contributed by atoms with Crippen LogP contribution in [-0.4, -0.2) is 20.0 Å². The lowest BCUT2D eigenvalue weighted by Crippen LogP contribution is -2.09. The van der Waals surface area contributed by atoms with E-state index in [9.17, 15) is 4.79 Å². The van der Waals surface area contributed by atoms with Crippen molar-refractivity contribution in [2.75, 3.05) is 20.0 Å². The van der Waals surface area contributed by atoms with Crippen LogP contribution in [0.1, 0.15) is 15.9 Å². The molecule has 20 heavy (non-hydrogen) atoms. The molecule has 0 amide bonds. The third-order valence-corrected chi connectivity index (χ3v) is 3.15. The lowest BCUT2D eigenvalue weighted by molar-refractivity contribution is 0.103. The Balaban J connectivity index is 2.60. The minimum atomic E-state index is -0.292. The summed E-state index contributed by atoms with van der Waals surface area (Å²) in [6.07, 6.45) is 0.